The van der Waals surface area contributed by atoms with Crippen LogP contribution in [-0.4, -0.2) is 36.4 Å². The van der Waals surface area contributed by atoms with E-state index in [2.05, 4.69) is 15.5 Å². The number of carbonyl (C=O) groups is 2. The van der Waals surface area contributed by atoms with E-state index in [4.69, 9.17) is 16.3 Å². The average molecular weight is 412 g/mol. The lowest BCUT2D eigenvalue weighted by molar-refractivity contribution is -0.135. The Balaban J connectivity index is 1.55. The molecule has 2 amide bonds. The maximum atomic E-state index is 13.4. The second-order valence-corrected chi connectivity index (χ2v) is 8.29. The molecule has 0 bridgehead atoms. The van der Waals surface area contributed by atoms with Crippen molar-refractivity contribution in [3.8, 4) is 5.75 Å². The maximum absolute atomic E-state index is 13.4. The van der Waals surface area contributed by atoms with Crippen LogP contribution in [0.3, 0.4) is 0 Å². The highest BCUT2D eigenvalue weighted by Gasteiger charge is 2.65. The SMILES string of the molecule is COc1ccc(NC(=O)[C@H]2C[C@@H]3CCCN3[C@]23C(=O)Nc2c(Cl)cccc23)cc1. The molecule has 3 heterocycles. The molecule has 150 valence electrons. The number of methoxy groups -OCH3 is 1. The lowest BCUT2D eigenvalue weighted by Crippen LogP contribution is -2.53. The van der Waals surface area contributed by atoms with Gasteiger partial charge >= 0.3 is 0 Å². The van der Waals surface area contributed by atoms with Crippen molar-refractivity contribution in [2.24, 2.45) is 5.92 Å². The Labute approximate surface area is 174 Å². The van der Waals surface area contributed by atoms with Crippen LogP contribution in [0.15, 0.2) is 42.5 Å². The third-order valence-corrected chi connectivity index (χ3v) is 6.84. The topological polar surface area (TPSA) is 70.7 Å². The standard InChI is InChI=1S/C22H22ClN3O3/c1-29-15-9-7-13(8-10-15)24-20(27)17-12-14-4-3-11-26(14)22(17)16-5-2-6-18(23)19(16)25-21(22)28/h2,5-10,14,17H,3-4,11-12H2,1H3,(H,24,27)(H,25,28)/t14-,17+,22-/m0/s1. The molecule has 0 aromatic heterocycles. The lowest BCUT2D eigenvalue weighted by Gasteiger charge is -2.36. The number of para-hydroxylation sites is 1. The van der Waals surface area contributed by atoms with E-state index < -0.39 is 11.5 Å². The predicted molar refractivity (Wildman–Crippen MR) is 111 cm³/mol. The van der Waals surface area contributed by atoms with Crippen molar-refractivity contribution in [2.45, 2.75) is 30.8 Å². The van der Waals surface area contributed by atoms with Gasteiger partial charge in [0.15, 0.2) is 0 Å². The molecule has 5 rings (SSSR count). The highest BCUT2D eigenvalue weighted by molar-refractivity contribution is 6.35. The summed E-state index contributed by atoms with van der Waals surface area (Å²) in [6, 6.07) is 13.0. The molecular formula is C22H22ClN3O3. The molecule has 3 atom stereocenters. The quantitative estimate of drug-likeness (QED) is 0.809. The van der Waals surface area contributed by atoms with Crippen LogP contribution in [0.1, 0.15) is 24.8 Å². The Kier molecular flexibility index (Phi) is 4.29. The molecule has 0 unspecified atom stereocenters. The number of fused-ring (bicyclic) bond motifs is 4. The number of anilines is 2. The summed E-state index contributed by atoms with van der Waals surface area (Å²) in [5.74, 6) is -0.0678. The smallest absolute Gasteiger partial charge is 0.250 e. The molecular weight excluding hydrogens is 390 g/mol. The highest BCUT2D eigenvalue weighted by Crippen LogP contribution is 2.56. The van der Waals surface area contributed by atoms with Crippen LogP contribution in [0.25, 0.3) is 0 Å². The number of benzene rings is 2. The summed E-state index contributed by atoms with van der Waals surface area (Å²) in [7, 11) is 1.60. The number of ether oxygens (including phenoxy) is 1. The van der Waals surface area contributed by atoms with Crippen molar-refractivity contribution in [1.82, 2.24) is 4.90 Å². The van der Waals surface area contributed by atoms with Crippen LogP contribution in [-0.2, 0) is 15.1 Å². The van der Waals surface area contributed by atoms with Gasteiger partial charge in [-0.15, -0.1) is 0 Å². The molecule has 2 saturated heterocycles. The molecule has 0 aliphatic carbocycles. The van der Waals surface area contributed by atoms with Crippen LogP contribution >= 0.6 is 11.6 Å². The van der Waals surface area contributed by atoms with Gasteiger partial charge in [0.2, 0.25) is 11.8 Å². The van der Waals surface area contributed by atoms with E-state index in [0.29, 0.717) is 22.8 Å². The normalized spacial score (nSPS) is 27.6. The minimum atomic E-state index is -1.00. The molecule has 2 aromatic rings. The summed E-state index contributed by atoms with van der Waals surface area (Å²) in [6.07, 6.45) is 2.68. The number of hydrogen-bond donors (Lipinski definition) is 2. The van der Waals surface area contributed by atoms with Crippen LogP contribution in [0, 0.1) is 5.92 Å². The van der Waals surface area contributed by atoms with Crippen molar-refractivity contribution < 1.29 is 14.3 Å². The molecule has 2 N–H and O–H groups in total. The Morgan fingerprint density at radius 2 is 2.07 bits per heavy atom. The number of hydrogen-bond acceptors (Lipinski definition) is 4. The Hall–Kier alpha value is -2.57. The van der Waals surface area contributed by atoms with Crippen molar-refractivity contribution in [3.63, 3.8) is 0 Å². The highest BCUT2D eigenvalue weighted by atomic mass is 35.5. The monoisotopic (exact) mass is 411 g/mol. The minimum Gasteiger partial charge on any atom is -0.497 e. The van der Waals surface area contributed by atoms with Crippen LogP contribution in [0.2, 0.25) is 5.02 Å². The summed E-state index contributed by atoms with van der Waals surface area (Å²) in [5.41, 5.74) is 1.13. The molecule has 3 aliphatic rings. The van der Waals surface area contributed by atoms with Crippen molar-refractivity contribution in [1.29, 1.82) is 0 Å². The van der Waals surface area contributed by atoms with Gasteiger partial charge in [0.25, 0.3) is 0 Å². The molecule has 1 spiro atoms. The fraction of sp³-hybridized carbons (Fsp3) is 0.364. The number of halogens is 1. The van der Waals surface area contributed by atoms with Crippen molar-refractivity contribution >= 4 is 34.8 Å². The third kappa shape index (κ3) is 2.59. The zero-order valence-corrected chi connectivity index (χ0v) is 16.8. The second kappa shape index (κ2) is 6.75. The molecule has 2 fully saturated rings. The molecule has 0 saturated carbocycles. The summed E-state index contributed by atoms with van der Waals surface area (Å²) in [5, 5.41) is 6.48. The van der Waals surface area contributed by atoms with E-state index in [1.54, 1.807) is 37.4 Å². The largest absolute Gasteiger partial charge is 0.497 e. The molecule has 2 aromatic carbocycles. The van der Waals surface area contributed by atoms with Crippen molar-refractivity contribution in [2.75, 3.05) is 24.3 Å². The minimum absolute atomic E-state index is 0.146. The lowest BCUT2D eigenvalue weighted by atomic mass is 9.78. The van der Waals surface area contributed by atoms with Gasteiger partial charge in [-0.25, -0.2) is 0 Å². The van der Waals surface area contributed by atoms with Gasteiger partial charge in [-0.3, -0.25) is 14.5 Å². The van der Waals surface area contributed by atoms with E-state index in [1.165, 1.54) is 0 Å². The molecule has 6 nitrogen and oxygen atoms in total. The van der Waals surface area contributed by atoms with Gasteiger partial charge in [-0.1, -0.05) is 23.7 Å². The van der Waals surface area contributed by atoms with Crippen LogP contribution in [0.5, 0.6) is 5.75 Å². The van der Waals surface area contributed by atoms with Gasteiger partial charge in [0.1, 0.15) is 11.3 Å². The van der Waals surface area contributed by atoms with Gasteiger partial charge in [-0.2, -0.15) is 0 Å². The third-order valence-electron chi connectivity index (χ3n) is 6.53. The molecule has 29 heavy (non-hydrogen) atoms. The van der Waals surface area contributed by atoms with E-state index in [-0.39, 0.29) is 17.9 Å². The summed E-state index contributed by atoms with van der Waals surface area (Å²) < 4.78 is 5.18. The van der Waals surface area contributed by atoms with Gasteiger partial charge in [0, 0.05) is 17.3 Å². The maximum Gasteiger partial charge on any atom is 0.250 e. The number of nitrogens with one attached hydrogen (secondary N) is 2. The van der Waals surface area contributed by atoms with Crippen molar-refractivity contribution in [3.05, 3.63) is 53.1 Å². The second-order valence-electron chi connectivity index (χ2n) is 7.88. The molecule has 3 aliphatic heterocycles. The molecule has 0 radical (unpaired) electrons. The van der Waals surface area contributed by atoms with E-state index in [9.17, 15) is 9.59 Å². The number of amides is 2. The van der Waals surface area contributed by atoms with E-state index in [1.807, 2.05) is 12.1 Å². The first kappa shape index (κ1) is 18.5. The van der Waals surface area contributed by atoms with Gasteiger partial charge < -0.3 is 15.4 Å². The Bertz CT molecular complexity index is 993. The average Bonchev–Trinajstić information content (AvgIpc) is 3.38. The van der Waals surface area contributed by atoms with E-state index >= 15 is 0 Å². The summed E-state index contributed by atoms with van der Waals surface area (Å²) >= 11 is 6.38. The zero-order chi connectivity index (χ0) is 20.2. The fourth-order valence-electron chi connectivity index (χ4n) is 5.32. The number of carbonyl (C=O) groups excluding carboxylic acids is 2. The molecule has 7 heteroatoms. The first-order valence-corrected chi connectivity index (χ1v) is 10.3. The zero-order valence-electron chi connectivity index (χ0n) is 16.1. The Morgan fingerprint density at radius 1 is 1.28 bits per heavy atom. The van der Waals surface area contributed by atoms with Crippen LogP contribution in [0.4, 0.5) is 11.4 Å². The first-order valence-electron chi connectivity index (χ1n) is 9.88. The summed E-state index contributed by atoms with van der Waals surface area (Å²) in [4.78, 5) is 29.0. The number of nitrogens with zero attached hydrogens (tertiary/aromatic N) is 1. The summed E-state index contributed by atoms with van der Waals surface area (Å²) in [6.45, 7) is 0.802. The number of rotatable bonds is 3. The first-order chi connectivity index (χ1) is 14.1. The Morgan fingerprint density at radius 3 is 2.83 bits per heavy atom. The van der Waals surface area contributed by atoms with Crippen LogP contribution < -0.4 is 15.4 Å². The van der Waals surface area contributed by atoms with Gasteiger partial charge in [0.05, 0.1) is 23.7 Å². The van der Waals surface area contributed by atoms with Gasteiger partial charge in [-0.05, 0) is 56.1 Å². The van der Waals surface area contributed by atoms with E-state index in [0.717, 1.165) is 30.7 Å². The predicted octanol–water partition coefficient (Wildman–Crippen LogP) is 3.62. The fourth-order valence-corrected chi connectivity index (χ4v) is 5.54.